The number of nitrogen functional groups attached to an aromatic ring is 1. The molecule has 4 rings (SSSR count). The van der Waals surface area contributed by atoms with Crippen LogP contribution in [0.25, 0.3) is 0 Å². The fourth-order valence-electron chi connectivity index (χ4n) is 5.48. The van der Waals surface area contributed by atoms with Gasteiger partial charge in [0.1, 0.15) is 5.75 Å². The van der Waals surface area contributed by atoms with Gasteiger partial charge < -0.3 is 40.5 Å². The number of carboxylic acid groups (broad SMARTS) is 2. The molecule has 1 aromatic carbocycles. The van der Waals surface area contributed by atoms with Gasteiger partial charge in [-0.05, 0) is 50.5 Å². The molecule has 3 heterocycles. The van der Waals surface area contributed by atoms with Crippen molar-refractivity contribution in [1.29, 1.82) is 0 Å². The largest absolute Gasteiger partial charge is 0.496 e. The lowest BCUT2D eigenvalue weighted by Gasteiger charge is -2.39. The molecule has 12 nitrogen and oxygen atoms in total. The van der Waals surface area contributed by atoms with Crippen LogP contribution in [0.3, 0.4) is 0 Å². The van der Waals surface area contributed by atoms with Gasteiger partial charge in [-0.1, -0.05) is 11.6 Å². The van der Waals surface area contributed by atoms with Gasteiger partial charge in [-0.2, -0.15) is 0 Å². The third kappa shape index (κ3) is 10.2. The number of likely N-dealkylation sites (tertiary alicyclic amines) is 2. The Labute approximate surface area is 250 Å². The van der Waals surface area contributed by atoms with Gasteiger partial charge in [-0.15, -0.1) is 0 Å². The van der Waals surface area contributed by atoms with E-state index in [0.29, 0.717) is 59.2 Å². The maximum atomic E-state index is 12.8. The van der Waals surface area contributed by atoms with Crippen molar-refractivity contribution in [2.75, 3.05) is 58.8 Å². The van der Waals surface area contributed by atoms with E-state index in [1.807, 2.05) is 0 Å². The van der Waals surface area contributed by atoms with Gasteiger partial charge in [0.15, 0.2) is 0 Å². The van der Waals surface area contributed by atoms with E-state index in [9.17, 15) is 19.2 Å². The number of amides is 2. The van der Waals surface area contributed by atoms with Crippen LogP contribution in [0.5, 0.6) is 5.75 Å². The molecule has 3 aliphatic heterocycles. The molecule has 42 heavy (non-hydrogen) atoms. The second-order valence-electron chi connectivity index (χ2n) is 10.8. The summed E-state index contributed by atoms with van der Waals surface area (Å²) in [7, 11) is 1.52. The average Bonchev–Trinajstić information content (AvgIpc) is 2.99. The summed E-state index contributed by atoms with van der Waals surface area (Å²) in [5, 5.41) is 19.1. The molecular formula is C29H41ClN4O8. The number of piperidine rings is 2. The number of anilines is 1. The Morgan fingerprint density at radius 1 is 1.00 bits per heavy atom. The third-order valence-electron chi connectivity index (χ3n) is 7.87. The van der Waals surface area contributed by atoms with Crippen LogP contribution in [-0.4, -0.2) is 103 Å². The first-order chi connectivity index (χ1) is 20.1. The number of hydrogen-bond donors (Lipinski definition) is 4. The monoisotopic (exact) mass is 608 g/mol. The van der Waals surface area contributed by atoms with Gasteiger partial charge in [0.2, 0.25) is 5.91 Å². The van der Waals surface area contributed by atoms with Crippen LogP contribution in [0.15, 0.2) is 24.3 Å². The van der Waals surface area contributed by atoms with E-state index in [2.05, 4.69) is 15.1 Å². The third-order valence-corrected chi connectivity index (χ3v) is 8.20. The molecule has 0 atom stereocenters. The zero-order valence-electron chi connectivity index (χ0n) is 23.9. The lowest BCUT2D eigenvalue weighted by Crippen LogP contribution is -2.48. The van der Waals surface area contributed by atoms with E-state index < -0.39 is 11.9 Å². The van der Waals surface area contributed by atoms with Crippen molar-refractivity contribution in [3.8, 4) is 5.75 Å². The summed E-state index contributed by atoms with van der Waals surface area (Å²) in [5.74, 6) is -1.15. The van der Waals surface area contributed by atoms with Gasteiger partial charge in [0, 0.05) is 76.1 Å². The zero-order chi connectivity index (χ0) is 30.6. The summed E-state index contributed by atoms with van der Waals surface area (Å²) in [4.78, 5) is 49.3. The predicted molar refractivity (Wildman–Crippen MR) is 157 cm³/mol. The van der Waals surface area contributed by atoms with Crippen molar-refractivity contribution in [2.24, 2.45) is 11.8 Å². The smallest absolute Gasteiger partial charge is 0.328 e. The number of aliphatic carboxylic acids is 2. The maximum absolute atomic E-state index is 12.8. The molecule has 3 saturated heterocycles. The average molecular weight is 609 g/mol. The number of rotatable bonds is 8. The zero-order valence-corrected chi connectivity index (χ0v) is 24.7. The van der Waals surface area contributed by atoms with Gasteiger partial charge in [-0.25, -0.2) is 9.59 Å². The molecule has 3 fully saturated rings. The summed E-state index contributed by atoms with van der Waals surface area (Å²) in [6.45, 7) is 6.17. The first-order valence-electron chi connectivity index (χ1n) is 14.2. The fourth-order valence-corrected chi connectivity index (χ4v) is 5.65. The summed E-state index contributed by atoms with van der Waals surface area (Å²) in [5.41, 5.74) is 6.62. The summed E-state index contributed by atoms with van der Waals surface area (Å²) < 4.78 is 10.7. The number of nitrogens with one attached hydrogen (secondary N) is 1. The SMILES string of the molecule is COc1cc(N)c(Cl)cc1C(=O)NC1CCN(CC2CCN(C(=O)C3CCOCC3)CC2)CC1.O=C(O)/C=C/C(=O)O. The summed E-state index contributed by atoms with van der Waals surface area (Å²) in [6, 6.07) is 3.28. The quantitative estimate of drug-likeness (QED) is 0.254. The predicted octanol–water partition coefficient (Wildman–Crippen LogP) is 2.50. The minimum Gasteiger partial charge on any atom is -0.496 e. The number of carbonyl (C=O) groups is 4. The molecule has 232 valence electrons. The van der Waals surface area contributed by atoms with E-state index in [-0.39, 0.29) is 17.9 Å². The normalized spacial score (nSPS) is 19.1. The van der Waals surface area contributed by atoms with Crippen LogP contribution in [-0.2, 0) is 19.1 Å². The highest BCUT2D eigenvalue weighted by molar-refractivity contribution is 6.33. The Morgan fingerprint density at radius 2 is 1.60 bits per heavy atom. The van der Waals surface area contributed by atoms with Crippen molar-refractivity contribution in [2.45, 2.75) is 44.6 Å². The Kier molecular flexibility index (Phi) is 12.9. The Bertz CT molecular complexity index is 1110. The number of ether oxygens (including phenoxy) is 2. The van der Waals surface area contributed by atoms with Crippen LogP contribution in [0.2, 0.25) is 5.02 Å². The molecule has 0 spiro atoms. The van der Waals surface area contributed by atoms with Crippen LogP contribution < -0.4 is 15.8 Å². The molecule has 0 bridgehead atoms. The molecule has 0 aliphatic carbocycles. The maximum Gasteiger partial charge on any atom is 0.328 e. The number of methoxy groups -OCH3 is 1. The number of hydrogen-bond acceptors (Lipinski definition) is 8. The van der Waals surface area contributed by atoms with E-state index >= 15 is 0 Å². The Balaban J connectivity index is 0.000000531. The van der Waals surface area contributed by atoms with Crippen molar-refractivity contribution in [1.82, 2.24) is 15.1 Å². The first kappa shape index (κ1) is 33.2. The molecule has 13 heteroatoms. The van der Waals surface area contributed by atoms with Crippen molar-refractivity contribution in [3.63, 3.8) is 0 Å². The molecule has 0 saturated carbocycles. The number of nitrogens with zero attached hydrogens (tertiary/aromatic N) is 2. The molecule has 0 radical (unpaired) electrons. The molecule has 5 N–H and O–H groups in total. The number of carboxylic acids is 2. The van der Waals surface area contributed by atoms with Gasteiger partial charge in [0.05, 0.1) is 23.4 Å². The van der Waals surface area contributed by atoms with Crippen molar-refractivity contribution >= 4 is 41.0 Å². The van der Waals surface area contributed by atoms with Crippen LogP contribution in [0.4, 0.5) is 5.69 Å². The highest BCUT2D eigenvalue weighted by atomic mass is 35.5. The van der Waals surface area contributed by atoms with Gasteiger partial charge in [-0.3, -0.25) is 9.59 Å². The summed E-state index contributed by atoms with van der Waals surface area (Å²) in [6.07, 6.45) is 6.82. The standard InChI is InChI=1S/C25H37ClN4O4.C4H4O4/c1-33-23-15-22(27)21(26)14-20(23)24(31)28-19-4-8-29(9-5-19)16-17-2-10-30(11-3-17)25(32)18-6-12-34-13-7-18;5-3(6)1-2-4(7)8/h14-15,17-19H,2-13,16,27H2,1H3,(H,28,31);1-2H,(H,5,6)(H,7,8)/b;2-1+. The first-order valence-corrected chi connectivity index (χ1v) is 14.6. The topological polar surface area (TPSA) is 172 Å². The molecule has 0 unspecified atom stereocenters. The van der Waals surface area contributed by atoms with E-state index in [4.69, 9.17) is 37.0 Å². The van der Waals surface area contributed by atoms with Gasteiger partial charge in [0.25, 0.3) is 5.91 Å². The van der Waals surface area contributed by atoms with Crippen LogP contribution in [0.1, 0.15) is 48.9 Å². The second kappa shape index (κ2) is 16.3. The number of carbonyl (C=O) groups excluding carboxylic acids is 2. The molecule has 2 amide bonds. The highest BCUT2D eigenvalue weighted by Gasteiger charge is 2.31. The highest BCUT2D eigenvalue weighted by Crippen LogP contribution is 2.29. The minimum absolute atomic E-state index is 0.128. The Hall–Kier alpha value is -3.35. The number of nitrogens with two attached hydrogens (primary N) is 1. The van der Waals surface area contributed by atoms with Crippen molar-refractivity contribution in [3.05, 3.63) is 34.9 Å². The van der Waals surface area contributed by atoms with Gasteiger partial charge >= 0.3 is 11.9 Å². The molecule has 0 aromatic heterocycles. The van der Waals surface area contributed by atoms with E-state index in [0.717, 1.165) is 71.2 Å². The van der Waals surface area contributed by atoms with Crippen LogP contribution in [0, 0.1) is 11.8 Å². The minimum atomic E-state index is -1.26. The Morgan fingerprint density at radius 3 is 2.14 bits per heavy atom. The molecular weight excluding hydrogens is 568 g/mol. The lowest BCUT2D eigenvalue weighted by atomic mass is 9.92. The molecule has 1 aromatic rings. The second-order valence-corrected chi connectivity index (χ2v) is 11.2. The fraction of sp³-hybridized carbons (Fsp3) is 0.586. The summed E-state index contributed by atoms with van der Waals surface area (Å²) >= 11 is 6.11. The van der Waals surface area contributed by atoms with E-state index in [1.165, 1.54) is 7.11 Å². The lowest BCUT2D eigenvalue weighted by molar-refractivity contribution is -0.140. The number of halogens is 1. The number of benzene rings is 1. The van der Waals surface area contributed by atoms with E-state index in [1.54, 1.807) is 12.1 Å². The molecule has 3 aliphatic rings. The van der Waals surface area contributed by atoms with Crippen LogP contribution >= 0.6 is 11.6 Å². The van der Waals surface area contributed by atoms with Crippen molar-refractivity contribution < 1.29 is 38.9 Å².